The van der Waals surface area contributed by atoms with Gasteiger partial charge in [0.1, 0.15) is 0 Å². The standard InChI is InChI=1S/C26H34N4O3/c1-5-18-10-25(9-16(2)21(18)32-4)11-19-7-6-17(12-27)8-20(19)26(25)22(31)30(23(28)29-26)13-24(3)14-33-15-24/h6-8,16,18,21H,5,9-11,13-15H2,1-4H3,(H2,28,29)/t16-,18+,21+,25+,26+/m0/s1. The highest BCUT2D eigenvalue weighted by Gasteiger charge is 2.68. The summed E-state index contributed by atoms with van der Waals surface area (Å²) in [5, 5.41) is 9.62. The Hall–Kier alpha value is -2.43. The smallest absolute Gasteiger partial charge is 0.262 e. The number of nitrogens with two attached hydrogens (primary N) is 1. The summed E-state index contributed by atoms with van der Waals surface area (Å²) in [5.74, 6) is 0.861. The normalized spacial score (nSPS) is 36.6. The fourth-order valence-electron chi connectivity index (χ4n) is 7.23. The summed E-state index contributed by atoms with van der Waals surface area (Å²) in [6.07, 6.45) is 3.58. The van der Waals surface area contributed by atoms with Crippen LogP contribution < -0.4 is 5.73 Å². The van der Waals surface area contributed by atoms with Gasteiger partial charge in [0.05, 0.1) is 31.0 Å². The van der Waals surface area contributed by atoms with Crippen molar-refractivity contribution in [3.8, 4) is 6.07 Å². The predicted molar refractivity (Wildman–Crippen MR) is 124 cm³/mol. The molecule has 2 N–H and O–H groups in total. The molecule has 1 aromatic carbocycles. The van der Waals surface area contributed by atoms with Crippen molar-refractivity contribution in [2.75, 3.05) is 26.9 Å². The van der Waals surface area contributed by atoms with E-state index in [1.54, 1.807) is 12.0 Å². The Balaban J connectivity index is 1.65. The third-order valence-corrected chi connectivity index (χ3v) is 8.67. The predicted octanol–water partition coefficient (Wildman–Crippen LogP) is 2.96. The molecular weight excluding hydrogens is 416 g/mol. The minimum Gasteiger partial charge on any atom is -0.381 e. The van der Waals surface area contributed by atoms with Crippen LogP contribution in [0.25, 0.3) is 0 Å². The lowest BCUT2D eigenvalue weighted by atomic mass is 9.56. The first-order valence-corrected chi connectivity index (χ1v) is 12.0. The molecule has 0 aromatic heterocycles. The van der Waals surface area contributed by atoms with Crippen LogP contribution in [0.2, 0.25) is 0 Å². The number of ether oxygens (including phenoxy) is 2. The van der Waals surface area contributed by atoms with Crippen LogP contribution in [-0.4, -0.2) is 49.7 Å². The lowest BCUT2D eigenvalue weighted by Crippen LogP contribution is -2.58. The molecule has 2 aliphatic carbocycles. The van der Waals surface area contributed by atoms with Gasteiger partial charge in [-0.3, -0.25) is 9.69 Å². The van der Waals surface area contributed by atoms with E-state index in [9.17, 15) is 10.1 Å². The van der Waals surface area contributed by atoms with Crippen LogP contribution in [0.5, 0.6) is 0 Å². The lowest BCUT2D eigenvalue weighted by molar-refractivity contribution is -0.149. The molecule has 0 unspecified atom stereocenters. The van der Waals surface area contributed by atoms with E-state index < -0.39 is 5.54 Å². The number of guanidine groups is 1. The van der Waals surface area contributed by atoms with E-state index in [-0.39, 0.29) is 34.7 Å². The third-order valence-electron chi connectivity index (χ3n) is 8.67. The van der Waals surface area contributed by atoms with Gasteiger partial charge >= 0.3 is 0 Å². The second kappa shape index (κ2) is 7.54. The zero-order valence-electron chi connectivity index (χ0n) is 20.1. The van der Waals surface area contributed by atoms with Crippen molar-refractivity contribution in [2.24, 2.45) is 33.4 Å². The third kappa shape index (κ3) is 3.00. The Morgan fingerprint density at radius 2 is 2.12 bits per heavy atom. The van der Waals surface area contributed by atoms with Crippen molar-refractivity contribution in [2.45, 2.75) is 58.1 Å². The van der Waals surface area contributed by atoms with E-state index in [1.807, 2.05) is 18.2 Å². The Morgan fingerprint density at radius 3 is 2.73 bits per heavy atom. The molecule has 7 nitrogen and oxygen atoms in total. The van der Waals surface area contributed by atoms with Crippen LogP contribution in [-0.2, 0) is 26.2 Å². The van der Waals surface area contributed by atoms with Crippen molar-refractivity contribution < 1.29 is 14.3 Å². The molecule has 0 radical (unpaired) electrons. The van der Waals surface area contributed by atoms with Crippen molar-refractivity contribution in [1.29, 1.82) is 5.26 Å². The van der Waals surface area contributed by atoms with Gasteiger partial charge in [0, 0.05) is 24.5 Å². The number of methoxy groups -OCH3 is 1. The molecule has 7 heteroatoms. The fourth-order valence-corrected chi connectivity index (χ4v) is 7.23. The molecule has 2 fully saturated rings. The second-order valence-corrected chi connectivity index (χ2v) is 11.1. The van der Waals surface area contributed by atoms with E-state index in [0.717, 1.165) is 36.8 Å². The summed E-state index contributed by atoms with van der Waals surface area (Å²) < 4.78 is 11.3. The van der Waals surface area contributed by atoms with Gasteiger partial charge in [-0.25, -0.2) is 4.99 Å². The summed E-state index contributed by atoms with van der Waals surface area (Å²) in [6, 6.07) is 8.00. The number of nitriles is 1. The van der Waals surface area contributed by atoms with E-state index >= 15 is 0 Å². The number of hydrogen-bond acceptors (Lipinski definition) is 6. The molecule has 1 amide bonds. The maximum atomic E-state index is 14.4. The van der Waals surface area contributed by atoms with Crippen molar-refractivity contribution in [3.05, 3.63) is 34.9 Å². The quantitative estimate of drug-likeness (QED) is 0.760. The molecular formula is C26H34N4O3. The first kappa shape index (κ1) is 22.4. The van der Waals surface area contributed by atoms with Gasteiger partial charge in [0.2, 0.25) is 0 Å². The van der Waals surface area contributed by atoms with Crippen LogP contribution in [0.1, 0.15) is 56.7 Å². The average molecular weight is 451 g/mol. The highest BCUT2D eigenvalue weighted by molar-refractivity contribution is 6.08. The van der Waals surface area contributed by atoms with Crippen molar-refractivity contribution in [1.82, 2.24) is 4.90 Å². The maximum Gasteiger partial charge on any atom is 0.262 e. The summed E-state index contributed by atoms with van der Waals surface area (Å²) in [6.45, 7) is 8.27. The average Bonchev–Trinajstić information content (AvgIpc) is 3.18. The number of benzene rings is 1. The van der Waals surface area contributed by atoms with Crippen LogP contribution >= 0.6 is 0 Å². The molecule has 33 heavy (non-hydrogen) atoms. The van der Waals surface area contributed by atoms with Crippen LogP contribution in [0.3, 0.4) is 0 Å². The first-order chi connectivity index (χ1) is 15.7. The van der Waals surface area contributed by atoms with E-state index in [0.29, 0.717) is 31.2 Å². The number of aliphatic imine (C=N–C) groups is 1. The fraction of sp³-hybridized carbons (Fsp3) is 0.654. The molecule has 2 aliphatic heterocycles. The zero-order chi connectivity index (χ0) is 23.6. The molecule has 1 aromatic rings. The highest BCUT2D eigenvalue weighted by atomic mass is 16.5. The molecule has 4 aliphatic rings. The summed E-state index contributed by atoms with van der Waals surface area (Å²) in [7, 11) is 1.79. The van der Waals surface area contributed by atoms with E-state index in [2.05, 4.69) is 26.8 Å². The summed E-state index contributed by atoms with van der Waals surface area (Å²) in [5.41, 5.74) is 7.45. The summed E-state index contributed by atoms with van der Waals surface area (Å²) in [4.78, 5) is 21.2. The topological polar surface area (TPSA) is 101 Å². The van der Waals surface area contributed by atoms with Gasteiger partial charge in [-0.05, 0) is 54.4 Å². The monoisotopic (exact) mass is 450 g/mol. The highest BCUT2D eigenvalue weighted by Crippen LogP contribution is 2.64. The molecule has 1 saturated heterocycles. The van der Waals surface area contributed by atoms with Crippen LogP contribution in [0, 0.1) is 34.0 Å². The molecule has 5 atom stereocenters. The Bertz CT molecular complexity index is 1060. The van der Waals surface area contributed by atoms with Gasteiger partial charge < -0.3 is 15.2 Å². The molecule has 5 rings (SSSR count). The van der Waals surface area contributed by atoms with Gasteiger partial charge in [-0.1, -0.05) is 33.3 Å². The summed E-state index contributed by atoms with van der Waals surface area (Å²) >= 11 is 0. The van der Waals surface area contributed by atoms with Gasteiger partial charge in [0.15, 0.2) is 11.5 Å². The number of fused-ring (bicyclic) bond motifs is 3. The molecule has 2 heterocycles. The molecule has 0 bridgehead atoms. The largest absolute Gasteiger partial charge is 0.381 e. The maximum absolute atomic E-state index is 14.4. The molecule has 1 saturated carbocycles. The van der Waals surface area contributed by atoms with Gasteiger partial charge in [-0.15, -0.1) is 0 Å². The lowest BCUT2D eigenvalue weighted by Gasteiger charge is -2.51. The number of nitrogens with zero attached hydrogens (tertiary/aromatic N) is 3. The SMILES string of the molecule is CC[C@@H]1C[C@@]2(Cc3ccc(C#N)cc3[C@]23N=C(N)N(CC2(C)COC2)C3=O)C[C@H](C)[C@H]1OC. The van der Waals surface area contributed by atoms with E-state index in [1.165, 1.54) is 0 Å². The Labute approximate surface area is 195 Å². The van der Waals surface area contributed by atoms with E-state index in [4.69, 9.17) is 20.2 Å². The minimum absolute atomic E-state index is 0.0418. The first-order valence-electron chi connectivity index (χ1n) is 12.0. The molecule has 176 valence electrons. The van der Waals surface area contributed by atoms with Gasteiger partial charge in [0.25, 0.3) is 5.91 Å². The number of hydrogen-bond donors (Lipinski definition) is 1. The number of carbonyl (C=O) groups is 1. The van der Waals surface area contributed by atoms with Crippen molar-refractivity contribution in [3.63, 3.8) is 0 Å². The number of amides is 1. The number of rotatable bonds is 4. The second-order valence-electron chi connectivity index (χ2n) is 11.1. The molecule has 2 spiro atoms. The minimum atomic E-state index is -1.08. The van der Waals surface area contributed by atoms with Crippen LogP contribution in [0.4, 0.5) is 0 Å². The van der Waals surface area contributed by atoms with Crippen LogP contribution in [0.15, 0.2) is 23.2 Å². The zero-order valence-corrected chi connectivity index (χ0v) is 20.1. The van der Waals surface area contributed by atoms with Gasteiger partial charge in [-0.2, -0.15) is 5.26 Å². The Kier molecular flexibility index (Phi) is 5.11. The van der Waals surface area contributed by atoms with Crippen molar-refractivity contribution >= 4 is 11.9 Å². The Morgan fingerprint density at radius 1 is 1.36 bits per heavy atom. The number of carbonyl (C=O) groups excluding carboxylic acids is 1.